The van der Waals surface area contributed by atoms with E-state index in [2.05, 4.69) is 0 Å². The fraction of sp³-hybridized carbons (Fsp3) is 0.591. The van der Waals surface area contributed by atoms with Gasteiger partial charge >= 0.3 is 11.9 Å². The molecule has 0 aliphatic carbocycles. The zero-order chi connectivity index (χ0) is 21.2. The Morgan fingerprint density at radius 2 is 1.93 bits per heavy atom. The highest BCUT2D eigenvalue weighted by Gasteiger charge is 2.31. The summed E-state index contributed by atoms with van der Waals surface area (Å²) in [5.41, 5.74) is 1.11. The number of amides is 1. The van der Waals surface area contributed by atoms with Crippen LogP contribution >= 0.6 is 0 Å². The average molecular weight is 405 g/mol. The molecular weight excluding hydrogens is 374 g/mol. The summed E-state index contributed by atoms with van der Waals surface area (Å²) in [6.45, 7) is 7.05. The summed E-state index contributed by atoms with van der Waals surface area (Å²) in [7, 11) is 0. The number of aryl methyl sites for hydroxylation is 1. The molecule has 1 heterocycles. The Morgan fingerprint density at radius 1 is 1.21 bits per heavy atom. The Morgan fingerprint density at radius 3 is 2.59 bits per heavy atom. The van der Waals surface area contributed by atoms with Crippen molar-refractivity contribution in [2.24, 2.45) is 5.92 Å². The predicted octanol–water partition coefficient (Wildman–Crippen LogP) is 2.89. The molecule has 1 aliphatic heterocycles. The topological polar surface area (TPSA) is 82.1 Å². The van der Waals surface area contributed by atoms with Gasteiger partial charge in [0, 0.05) is 19.5 Å². The second-order valence-corrected chi connectivity index (χ2v) is 7.25. The van der Waals surface area contributed by atoms with E-state index in [1.54, 1.807) is 18.7 Å². The first kappa shape index (κ1) is 22.7. The lowest BCUT2D eigenvalue weighted by Crippen LogP contribution is -2.45. The number of esters is 2. The van der Waals surface area contributed by atoms with Gasteiger partial charge in [0.2, 0.25) is 0 Å². The Hall–Kier alpha value is -2.57. The first-order valence-corrected chi connectivity index (χ1v) is 10.2. The van der Waals surface area contributed by atoms with E-state index in [-0.39, 0.29) is 24.2 Å². The summed E-state index contributed by atoms with van der Waals surface area (Å²) in [6, 6.07) is 7.71. The highest BCUT2D eigenvalue weighted by molar-refractivity contribution is 5.83. The third-order valence-electron chi connectivity index (χ3n) is 4.87. The largest absolute Gasteiger partial charge is 0.494 e. The van der Waals surface area contributed by atoms with E-state index in [9.17, 15) is 14.4 Å². The maximum Gasteiger partial charge on any atom is 0.309 e. The van der Waals surface area contributed by atoms with E-state index in [1.165, 1.54) is 0 Å². The Balaban J connectivity index is 1.65. The number of carbonyl (C=O) groups is 3. The first-order valence-electron chi connectivity index (χ1n) is 10.2. The fourth-order valence-electron chi connectivity index (χ4n) is 3.27. The van der Waals surface area contributed by atoms with Crippen LogP contribution in [-0.2, 0) is 23.9 Å². The highest BCUT2D eigenvalue weighted by atomic mass is 16.5. The van der Waals surface area contributed by atoms with Crippen LogP contribution in [0.3, 0.4) is 0 Å². The van der Waals surface area contributed by atoms with Crippen molar-refractivity contribution in [3.05, 3.63) is 29.8 Å². The van der Waals surface area contributed by atoms with Crippen LogP contribution in [0.15, 0.2) is 24.3 Å². The molecular formula is C22H31NO6. The van der Waals surface area contributed by atoms with E-state index < -0.39 is 12.1 Å². The number of ether oxygens (including phenoxy) is 3. The molecule has 7 heteroatoms. The third kappa shape index (κ3) is 7.40. The van der Waals surface area contributed by atoms with Crippen LogP contribution in [0.25, 0.3) is 0 Å². The predicted molar refractivity (Wildman–Crippen MR) is 107 cm³/mol. The minimum Gasteiger partial charge on any atom is -0.494 e. The Kier molecular flexibility index (Phi) is 8.96. The minimum absolute atomic E-state index is 0.162. The van der Waals surface area contributed by atoms with E-state index in [0.29, 0.717) is 45.6 Å². The molecule has 1 aromatic carbocycles. The van der Waals surface area contributed by atoms with Crippen LogP contribution in [0.2, 0.25) is 0 Å². The lowest BCUT2D eigenvalue weighted by Gasteiger charge is -2.32. The monoisotopic (exact) mass is 405 g/mol. The van der Waals surface area contributed by atoms with E-state index in [0.717, 1.165) is 11.3 Å². The molecule has 1 aromatic rings. The Labute approximate surface area is 172 Å². The van der Waals surface area contributed by atoms with Gasteiger partial charge in [-0.15, -0.1) is 0 Å². The molecule has 0 radical (unpaired) electrons. The fourth-order valence-corrected chi connectivity index (χ4v) is 3.27. The summed E-state index contributed by atoms with van der Waals surface area (Å²) >= 11 is 0. The molecule has 1 fully saturated rings. The minimum atomic E-state index is -0.834. The molecule has 1 amide bonds. The maximum atomic E-state index is 12.5. The van der Waals surface area contributed by atoms with Gasteiger partial charge in [0.1, 0.15) is 5.75 Å². The highest BCUT2D eigenvalue weighted by Crippen LogP contribution is 2.20. The molecule has 1 unspecified atom stereocenters. The zero-order valence-electron chi connectivity index (χ0n) is 17.5. The van der Waals surface area contributed by atoms with Crippen LogP contribution in [0.4, 0.5) is 0 Å². The maximum absolute atomic E-state index is 12.5. The van der Waals surface area contributed by atoms with E-state index in [4.69, 9.17) is 14.2 Å². The van der Waals surface area contributed by atoms with Crippen LogP contribution < -0.4 is 4.74 Å². The van der Waals surface area contributed by atoms with Gasteiger partial charge in [-0.25, -0.2) is 0 Å². The summed E-state index contributed by atoms with van der Waals surface area (Å²) in [6.07, 6.45) is 1.01. The molecule has 0 spiro atoms. The van der Waals surface area contributed by atoms with Gasteiger partial charge in [0.15, 0.2) is 6.10 Å². The van der Waals surface area contributed by atoms with E-state index >= 15 is 0 Å². The van der Waals surface area contributed by atoms with Crippen molar-refractivity contribution in [2.75, 3.05) is 26.3 Å². The van der Waals surface area contributed by atoms with Crippen molar-refractivity contribution in [3.8, 4) is 5.75 Å². The number of carbonyl (C=O) groups excluding carboxylic acids is 3. The standard InChI is InChI=1S/C22H31NO6/c1-4-27-22(26)18-10-12-23(13-11-18)21(25)17(3)29-20(24)9-6-14-28-19-8-5-7-16(2)15-19/h5,7-8,15,17-18H,4,6,9-14H2,1-3H3. The Bertz CT molecular complexity index is 696. The summed E-state index contributed by atoms with van der Waals surface area (Å²) in [5.74, 6) is -0.234. The molecule has 1 atom stereocenters. The van der Waals surface area contributed by atoms with Crippen molar-refractivity contribution in [3.63, 3.8) is 0 Å². The van der Waals surface area contributed by atoms with Crippen molar-refractivity contribution in [1.82, 2.24) is 4.90 Å². The molecule has 0 saturated carbocycles. The smallest absolute Gasteiger partial charge is 0.309 e. The molecule has 1 saturated heterocycles. The van der Waals surface area contributed by atoms with Gasteiger partial charge in [0.05, 0.1) is 19.1 Å². The number of likely N-dealkylation sites (tertiary alicyclic amines) is 1. The van der Waals surface area contributed by atoms with Gasteiger partial charge in [-0.05, 0) is 57.7 Å². The number of piperidine rings is 1. The molecule has 2 rings (SSSR count). The van der Waals surface area contributed by atoms with Crippen molar-refractivity contribution < 1.29 is 28.6 Å². The summed E-state index contributed by atoms with van der Waals surface area (Å²) < 4.78 is 15.9. The van der Waals surface area contributed by atoms with Gasteiger partial charge in [-0.3, -0.25) is 14.4 Å². The van der Waals surface area contributed by atoms with Gasteiger partial charge in [-0.2, -0.15) is 0 Å². The quantitative estimate of drug-likeness (QED) is 0.464. The molecule has 0 N–H and O–H groups in total. The summed E-state index contributed by atoms with van der Waals surface area (Å²) in [5, 5.41) is 0. The zero-order valence-corrected chi connectivity index (χ0v) is 17.5. The van der Waals surface area contributed by atoms with Gasteiger partial charge < -0.3 is 19.1 Å². The molecule has 0 bridgehead atoms. The summed E-state index contributed by atoms with van der Waals surface area (Å²) in [4.78, 5) is 37.9. The van der Waals surface area contributed by atoms with Crippen LogP contribution in [-0.4, -0.2) is 55.2 Å². The number of benzene rings is 1. The first-order chi connectivity index (χ1) is 13.9. The normalized spacial score (nSPS) is 15.5. The van der Waals surface area contributed by atoms with Crippen molar-refractivity contribution in [2.45, 2.75) is 52.6 Å². The molecule has 7 nitrogen and oxygen atoms in total. The molecule has 29 heavy (non-hydrogen) atoms. The molecule has 160 valence electrons. The van der Waals surface area contributed by atoms with Crippen LogP contribution in [0, 0.1) is 12.8 Å². The third-order valence-corrected chi connectivity index (χ3v) is 4.87. The second-order valence-electron chi connectivity index (χ2n) is 7.25. The number of rotatable bonds is 9. The van der Waals surface area contributed by atoms with Gasteiger partial charge in [0.25, 0.3) is 5.91 Å². The van der Waals surface area contributed by atoms with Gasteiger partial charge in [-0.1, -0.05) is 12.1 Å². The number of nitrogens with zero attached hydrogens (tertiary/aromatic N) is 1. The average Bonchev–Trinajstić information content (AvgIpc) is 2.71. The van der Waals surface area contributed by atoms with Crippen molar-refractivity contribution in [1.29, 1.82) is 0 Å². The van der Waals surface area contributed by atoms with E-state index in [1.807, 2.05) is 31.2 Å². The second kappa shape index (κ2) is 11.4. The van der Waals surface area contributed by atoms with Crippen LogP contribution in [0.5, 0.6) is 5.75 Å². The lowest BCUT2D eigenvalue weighted by molar-refractivity contribution is -0.161. The lowest BCUT2D eigenvalue weighted by atomic mass is 9.97. The van der Waals surface area contributed by atoms with Crippen molar-refractivity contribution >= 4 is 17.8 Å². The molecule has 0 aromatic heterocycles. The number of hydrogen-bond donors (Lipinski definition) is 0. The molecule has 1 aliphatic rings. The number of hydrogen-bond acceptors (Lipinski definition) is 6. The van der Waals surface area contributed by atoms with Crippen LogP contribution in [0.1, 0.15) is 45.1 Å². The SMILES string of the molecule is CCOC(=O)C1CCN(C(=O)C(C)OC(=O)CCCOc2cccc(C)c2)CC1.